The molecule has 1 atom stereocenters. The van der Waals surface area contributed by atoms with Crippen molar-refractivity contribution in [3.63, 3.8) is 0 Å². The van der Waals surface area contributed by atoms with Crippen LogP contribution in [-0.4, -0.2) is 36.1 Å². The van der Waals surface area contributed by atoms with Gasteiger partial charge in [0.1, 0.15) is 18.5 Å². The van der Waals surface area contributed by atoms with E-state index in [0.717, 1.165) is 5.56 Å². The molecule has 2 aromatic rings. The van der Waals surface area contributed by atoms with Crippen LogP contribution in [0.3, 0.4) is 0 Å². The Kier molecular flexibility index (Phi) is 7.84. The summed E-state index contributed by atoms with van der Waals surface area (Å²) in [6.07, 6.45) is -0.805. The van der Waals surface area contributed by atoms with Gasteiger partial charge in [0.2, 0.25) is 0 Å². The Balaban J connectivity index is 2.27. The topological polar surface area (TPSA) is 88.0 Å². The summed E-state index contributed by atoms with van der Waals surface area (Å²) in [5, 5.41) is 21.3. The van der Waals surface area contributed by atoms with E-state index in [9.17, 15) is 9.90 Å². The zero-order valence-corrected chi connectivity index (χ0v) is 16.6. The molecule has 0 radical (unpaired) electrons. The molecule has 2 rings (SSSR count). The lowest BCUT2D eigenvalue weighted by Gasteiger charge is -2.34. The highest BCUT2D eigenvalue weighted by atomic mass is 16.6. The standard InChI is InChI=1S/C22H29NO5/c1-16-8-10-17(11-9-16)23-21(26)28-20(22(2,3)12-13-24)18-6-4-5-7-19(18)27-15-14-25/h4-11,20,24-25H,12-15H2,1-3H3,(H,23,26)/t20-/m0/s1. The fourth-order valence-electron chi connectivity index (χ4n) is 2.94. The molecule has 0 spiro atoms. The van der Waals surface area contributed by atoms with Gasteiger partial charge in [0.25, 0.3) is 0 Å². The summed E-state index contributed by atoms with van der Waals surface area (Å²) in [5.74, 6) is 0.538. The summed E-state index contributed by atoms with van der Waals surface area (Å²) in [6, 6.07) is 14.7. The first-order valence-corrected chi connectivity index (χ1v) is 9.35. The number of aliphatic hydroxyl groups excluding tert-OH is 2. The maximum absolute atomic E-state index is 12.6. The Morgan fingerprint density at radius 1 is 1.07 bits per heavy atom. The highest BCUT2D eigenvalue weighted by Crippen LogP contribution is 2.43. The van der Waals surface area contributed by atoms with E-state index in [0.29, 0.717) is 23.4 Å². The third-order valence-electron chi connectivity index (χ3n) is 4.54. The summed E-state index contributed by atoms with van der Waals surface area (Å²) in [7, 11) is 0. The number of nitrogens with one attached hydrogen (secondary N) is 1. The average Bonchev–Trinajstić information content (AvgIpc) is 2.66. The predicted molar refractivity (Wildman–Crippen MR) is 109 cm³/mol. The average molecular weight is 387 g/mol. The number of aryl methyl sites for hydroxylation is 1. The zero-order valence-electron chi connectivity index (χ0n) is 16.6. The molecule has 0 heterocycles. The largest absolute Gasteiger partial charge is 0.491 e. The molecule has 6 heteroatoms. The second kappa shape index (κ2) is 10.1. The first-order chi connectivity index (χ1) is 13.4. The number of hydrogen-bond donors (Lipinski definition) is 3. The monoisotopic (exact) mass is 387 g/mol. The number of carbonyl (C=O) groups excluding carboxylic acids is 1. The van der Waals surface area contributed by atoms with Crippen LogP contribution in [0, 0.1) is 12.3 Å². The van der Waals surface area contributed by atoms with E-state index in [1.807, 2.05) is 63.2 Å². The van der Waals surface area contributed by atoms with Crippen molar-refractivity contribution in [2.24, 2.45) is 5.41 Å². The Hall–Kier alpha value is -2.57. The van der Waals surface area contributed by atoms with Gasteiger partial charge in [-0.25, -0.2) is 4.79 Å². The number of para-hydroxylation sites is 1. The van der Waals surface area contributed by atoms with Crippen LogP contribution in [0.25, 0.3) is 0 Å². The van der Waals surface area contributed by atoms with Gasteiger partial charge in [-0.3, -0.25) is 5.32 Å². The minimum atomic E-state index is -0.653. The molecule has 0 aromatic heterocycles. The van der Waals surface area contributed by atoms with E-state index in [2.05, 4.69) is 5.32 Å². The molecule has 0 bridgehead atoms. The fraction of sp³-hybridized carbons (Fsp3) is 0.409. The van der Waals surface area contributed by atoms with Crippen molar-refractivity contribution < 1.29 is 24.5 Å². The molecule has 6 nitrogen and oxygen atoms in total. The third kappa shape index (κ3) is 5.97. The van der Waals surface area contributed by atoms with Crippen molar-refractivity contribution >= 4 is 11.8 Å². The van der Waals surface area contributed by atoms with Crippen LogP contribution < -0.4 is 10.1 Å². The van der Waals surface area contributed by atoms with Gasteiger partial charge < -0.3 is 19.7 Å². The lowest BCUT2D eigenvalue weighted by molar-refractivity contribution is 0.0133. The van der Waals surface area contributed by atoms with Crippen LogP contribution in [0.1, 0.15) is 37.5 Å². The summed E-state index contributed by atoms with van der Waals surface area (Å²) in [4.78, 5) is 12.6. The molecule has 3 N–H and O–H groups in total. The van der Waals surface area contributed by atoms with Crippen LogP contribution in [0.4, 0.5) is 10.5 Å². The molecular weight excluding hydrogens is 358 g/mol. The molecule has 0 unspecified atom stereocenters. The number of amides is 1. The van der Waals surface area contributed by atoms with Crippen LogP contribution in [0.5, 0.6) is 5.75 Å². The quantitative estimate of drug-likeness (QED) is 0.604. The number of benzene rings is 2. The van der Waals surface area contributed by atoms with Crippen molar-refractivity contribution in [1.29, 1.82) is 0 Å². The first kappa shape index (κ1) is 21.7. The van der Waals surface area contributed by atoms with Crippen molar-refractivity contribution in [1.82, 2.24) is 0 Å². The third-order valence-corrected chi connectivity index (χ3v) is 4.54. The van der Waals surface area contributed by atoms with E-state index in [1.165, 1.54) is 0 Å². The number of anilines is 1. The second-order valence-corrected chi connectivity index (χ2v) is 7.35. The number of aliphatic hydroxyl groups is 2. The summed E-state index contributed by atoms with van der Waals surface area (Å²) in [6.45, 7) is 5.81. The zero-order chi connectivity index (χ0) is 20.6. The van der Waals surface area contributed by atoms with Crippen LogP contribution in [-0.2, 0) is 4.74 Å². The number of carbonyl (C=O) groups is 1. The van der Waals surface area contributed by atoms with Crippen LogP contribution >= 0.6 is 0 Å². The van der Waals surface area contributed by atoms with Gasteiger partial charge in [0.05, 0.1) is 6.61 Å². The predicted octanol–water partition coefficient (Wildman–Crippen LogP) is 4.06. The normalized spacial score (nSPS) is 12.3. The van der Waals surface area contributed by atoms with Crippen molar-refractivity contribution in [2.45, 2.75) is 33.3 Å². The molecule has 0 saturated carbocycles. The Morgan fingerprint density at radius 3 is 2.39 bits per heavy atom. The summed E-state index contributed by atoms with van der Waals surface area (Å²) >= 11 is 0. The smallest absolute Gasteiger partial charge is 0.412 e. The van der Waals surface area contributed by atoms with Gasteiger partial charge in [-0.1, -0.05) is 49.7 Å². The van der Waals surface area contributed by atoms with Gasteiger partial charge >= 0.3 is 6.09 Å². The summed E-state index contributed by atoms with van der Waals surface area (Å²) in [5.41, 5.74) is 1.88. The minimum Gasteiger partial charge on any atom is -0.491 e. The Labute approximate surface area is 166 Å². The Bertz CT molecular complexity index is 758. The molecule has 2 aromatic carbocycles. The minimum absolute atomic E-state index is 0.0356. The number of rotatable bonds is 9. The SMILES string of the molecule is Cc1ccc(NC(=O)O[C@@H](c2ccccc2OCCO)C(C)(C)CCO)cc1. The Morgan fingerprint density at radius 2 is 1.75 bits per heavy atom. The summed E-state index contributed by atoms with van der Waals surface area (Å²) < 4.78 is 11.4. The molecule has 0 aliphatic carbocycles. The lowest BCUT2D eigenvalue weighted by Crippen LogP contribution is -2.30. The molecule has 0 aliphatic heterocycles. The van der Waals surface area contributed by atoms with E-state index in [4.69, 9.17) is 14.6 Å². The molecule has 0 aliphatic rings. The number of hydrogen-bond acceptors (Lipinski definition) is 5. The lowest BCUT2D eigenvalue weighted by atomic mass is 9.79. The molecular formula is C22H29NO5. The molecule has 1 amide bonds. The van der Waals surface area contributed by atoms with Gasteiger partial charge in [0, 0.05) is 23.3 Å². The molecule has 28 heavy (non-hydrogen) atoms. The number of ether oxygens (including phenoxy) is 2. The maximum atomic E-state index is 12.6. The van der Waals surface area contributed by atoms with Crippen molar-refractivity contribution in [3.8, 4) is 5.75 Å². The van der Waals surface area contributed by atoms with Crippen LogP contribution in [0.15, 0.2) is 48.5 Å². The van der Waals surface area contributed by atoms with E-state index in [1.54, 1.807) is 6.07 Å². The van der Waals surface area contributed by atoms with E-state index < -0.39 is 17.6 Å². The van der Waals surface area contributed by atoms with Gasteiger partial charge in [-0.15, -0.1) is 0 Å². The maximum Gasteiger partial charge on any atom is 0.412 e. The highest BCUT2D eigenvalue weighted by Gasteiger charge is 2.35. The van der Waals surface area contributed by atoms with Crippen molar-refractivity contribution in [2.75, 3.05) is 25.1 Å². The van der Waals surface area contributed by atoms with Gasteiger partial charge in [0.15, 0.2) is 0 Å². The molecule has 0 fully saturated rings. The van der Waals surface area contributed by atoms with E-state index >= 15 is 0 Å². The second-order valence-electron chi connectivity index (χ2n) is 7.35. The fourth-order valence-corrected chi connectivity index (χ4v) is 2.94. The molecule has 0 saturated heterocycles. The van der Waals surface area contributed by atoms with Gasteiger partial charge in [-0.2, -0.15) is 0 Å². The highest BCUT2D eigenvalue weighted by molar-refractivity contribution is 5.84. The van der Waals surface area contributed by atoms with Crippen LogP contribution in [0.2, 0.25) is 0 Å². The molecule has 152 valence electrons. The van der Waals surface area contributed by atoms with E-state index in [-0.39, 0.29) is 19.8 Å². The van der Waals surface area contributed by atoms with Gasteiger partial charge in [-0.05, 0) is 31.5 Å². The van der Waals surface area contributed by atoms with Crippen molar-refractivity contribution in [3.05, 3.63) is 59.7 Å². The first-order valence-electron chi connectivity index (χ1n) is 9.35.